The first kappa shape index (κ1) is 11.5. The lowest BCUT2D eigenvalue weighted by Gasteiger charge is -2.20. The van der Waals surface area contributed by atoms with Gasteiger partial charge in [-0.3, -0.25) is 0 Å². The molecule has 1 aliphatic carbocycles. The van der Waals surface area contributed by atoms with Crippen LogP contribution in [0.4, 0.5) is 5.82 Å². The summed E-state index contributed by atoms with van der Waals surface area (Å²) in [5, 5.41) is 3.58. The van der Waals surface area contributed by atoms with Crippen molar-refractivity contribution in [3.8, 4) is 0 Å². The normalized spacial score (nSPS) is 19.9. The lowest BCUT2D eigenvalue weighted by atomic mass is 10.2. The van der Waals surface area contributed by atoms with Gasteiger partial charge in [-0.15, -0.1) is 0 Å². The Kier molecular flexibility index (Phi) is 3.34. The molecule has 2 heterocycles. The third-order valence-corrected chi connectivity index (χ3v) is 3.91. The zero-order valence-corrected chi connectivity index (χ0v) is 11.5. The molecule has 1 N–H and O–H groups in total. The van der Waals surface area contributed by atoms with Crippen molar-refractivity contribution in [2.24, 2.45) is 0 Å². The summed E-state index contributed by atoms with van der Waals surface area (Å²) in [5.41, 5.74) is 1.33. The van der Waals surface area contributed by atoms with Gasteiger partial charge in [0.2, 0.25) is 0 Å². The van der Waals surface area contributed by atoms with E-state index in [1.165, 1.54) is 37.1 Å². The summed E-state index contributed by atoms with van der Waals surface area (Å²) >= 11 is 3.52. The molecule has 2 aliphatic rings. The van der Waals surface area contributed by atoms with E-state index in [4.69, 9.17) is 0 Å². The smallest absolute Gasteiger partial charge is 0.133 e. The monoisotopic (exact) mass is 295 g/mol. The molecule has 4 heteroatoms. The van der Waals surface area contributed by atoms with Crippen molar-refractivity contribution >= 4 is 21.7 Å². The van der Waals surface area contributed by atoms with E-state index in [-0.39, 0.29) is 0 Å². The Morgan fingerprint density at radius 1 is 1.35 bits per heavy atom. The maximum atomic E-state index is 4.60. The SMILES string of the molecule is Brc1cnc(N2CCCC2)c(CNC2CC2)c1. The summed E-state index contributed by atoms with van der Waals surface area (Å²) in [6, 6.07) is 2.95. The fourth-order valence-electron chi connectivity index (χ4n) is 2.36. The van der Waals surface area contributed by atoms with Crippen LogP contribution in [0.15, 0.2) is 16.7 Å². The van der Waals surface area contributed by atoms with Crippen molar-refractivity contribution in [2.75, 3.05) is 18.0 Å². The van der Waals surface area contributed by atoms with Crippen LogP contribution in [0.25, 0.3) is 0 Å². The second kappa shape index (κ2) is 4.94. The number of pyridine rings is 1. The highest BCUT2D eigenvalue weighted by molar-refractivity contribution is 9.10. The minimum Gasteiger partial charge on any atom is -0.356 e. The van der Waals surface area contributed by atoms with Crippen LogP contribution in [-0.4, -0.2) is 24.1 Å². The molecule has 3 nitrogen and oxygen atoms in total. The number of halogens is 1. The van der Waals surface area contributed by atoms with Crippen LogP contribution in [0.2, 0.25) is 0 Å². The third-order valence-electron chi connectivity index (χ3n) is 3.47. The molecule has 1 aliphatic heterocycles. The van der Waals surface area contributed by atoms with Crippen LogP contribution in [0.3, 0.4) is 0 Å². The lowest BCUT2D eigenvalue weighted by molar-refractivity contribution is 0.683. The molecular formula is C13H18BrN3. The molecule has 0 spiro atoms. The second-order valence-electron chi connectivity index (χ2n) is 4.99. The maximum absolute atomic E-state index is 4.60. The molecule has 0 bridgehead atoms. The lowest BCUT2D eigenvalue weighted by Crippen LogP contribution is -2.23. The zero-order chi connectivity index (χ0) is 11.7. The van der Waals surface area contributed by atoms with Crippen LogP contribution in [0.5, 0.6) is 0 Å². The fraction of sp³-hybridized carbons (Fsp3) is 0.615. The van der Waals surface area contributed by atoms with Gasteiger partial charge in [-0.05, 0) is 47.7 Å². The summed E-state index contributed by atoms with van der Waals surface area (Å²) < 4.78 is 1.08. The van der Waals surface area contributed by atoms with Crippen LogP contribution < -0.4 is 10.2 Å². The Bertz CT molecular complexity index is 398. The minimum absolute atomic E-state index is 0.750. The van der Waals surface area contributed by atoms with Gasteiger partial charge in [0.25, 0.3) is 0 Å². The molecule has 0 unspecified atom stereocenters. The average Bonchev–Trinajstić information content (AvgIpc) is 3.00. The van der Waals surface area contributed by atoms with E-state index < -0.39 is 0 Å². The fourth-order valence-corrected chi connectivity index (χ4v) is 2.74. The van der Waals surface area contributed by atoms with Crippen LogP contribution in [0.1, 0.15) is 31.2 Å². The highest BCUT2D eigenvalue weighted by Crippen LogP contribution is 2.26. The number of rotatable bonds is 4. The molecule has 1 saturated heterocycles. The summed E-state index contributed by atoms with van der Waals surface area (Å²) in [6.45, 7) is 3.26. The molecule has 0 amide bonds. The van der Waals surface area contributed by atoms with Gasteiger partial charge >= 0.3 is 0 Å². The minimum atomic E-state index is 0.750. The van der Waals surface area contributed by atoms with Crippen molar-refractivity contribution in [2.45, 2.75) is 38.3 Å². The van der Waals surface area contributed by atoms with E-state index in [0.717, 1.165) is 30.1 Å². The second-order valence-corrected chi connectivity index (χ2v) is 5.90. The first-order chi connectivity index (χ1) is 8.33. The Hall–Kier alpha value is -0.610. The Morgan fingerprint density at radius 2 is 2.12 bits per heavy atom. The Balaban J connectivity index is 1.78. The van der Waals surface area contributed by atoms with E-state index in [9.17, 15) is 0 Å². The molecule has 2 fully saturated rings. The molecule has 0 aromatic carbocycles. The van der Waals surface area contributed by atoms with Gasteiger partial charge in [0.1, 0.15) is 5.82 Å². The van der Waals surface area contributed by atoms with E-state index >= 15 is 0 Å². The van der Waals surface area contributed by atoms with Crippen molar-refractivity contribution in [3.63, 3.8) is 0 Å². The van der Waals surface area contributed by atoms with Gasteiger partial charge < -0.3 is 10.2 Å². The van der Waals surface area contributed by atoms with Gasteiger partial charge in [0.05, 0.1) is 0 Å². The quantitative estimate of drug-likeness (QED) is 0.926. The van der Waals surface area contributed by atoms with Crippen LogP contribution in [-0.2, 0) is 6.54 Å². The number of hydrogen-bond acceptors (Lipinski definition) is 3. The predicted octanol–water partition coefficient (Wildman–Crippen LogP) is 2.70. The molecular weight excluding hydrogens is 278 g/mol. The average molecular weight is 296 g/mol. The molecule has 0 radical (unpaired) electrons. The molecule has 1 aromatic heterocycles. The van der Waals surface area contributed by atoms with Crippen molar-refractivity contribution < 1.29 is 0 Å². The number of aromatic nitrogens is 1. The van der Waals surface area contributed by atoms with E-state index in [2.05, 4.69) is 37.2 Å². The molecule has 92 valence electrons. The van der Waals surface area contributed by atoms with Gasteiger partial charge in [-0.1, -0.05) is 0 Å². The summed E-state index contributed by atoms with van der Waals surface area (Å²) in [5.74, 6) is 1.18. The number of nitrogens with one attached hydrogen (secondary N) is 1. The first-order valence-corrected chi connectivity index (χ1v) is 7.25. The van der Waals surface area contributed by atoms with Gasteiger partial charge in [0.15, 0.2) is 0 Å². The first-order valence-electron chi connectivity index (χ1n) is 6.46. The molecule has 17 heavy (non-hydrogen) atoms. The van der Waals surface area contributed by atoms with Gasteiger partial charge in [-0.2, -0.15) is 0 Å². The van der Waals surface area contributed by atoms with Gasteiger partial charge in [0, 0.05) is 41.9 Å². The summed E-state index contributed by atoms with van der Waals surface area (Å²) in [7, 11) is 0. The zero-order valence-electron chi connectivity index (χ0n) is 9.95. The highest BCUT2D eigenvalue weighted by Gasteiger charge is 2.22. The maximum Gasteiger partial charge on any atom is 0.133 e. The van der Waals surface area contributed by atoms with Crippen molar-refractivity contribution in [3.05, 3.63) is 22.3 Å². The van der Waals surface area contributed by atoms with E-state index in [1.807, 2.05) is 6.20 Å². The standard InChI is InChI=1S/C13H18BrN3/c14-11-7-10(8-15-12-3-4-12)13(16-9-11)17-5-1-2-6-17/h7,9,12,15H,1-6,8H2. The van der Waals surface area contributed by atoms with Crippen molar-refractivity contribution in [1.82, 2.24) is 10.3 Å². The Labute approximate surface area is 111 Å². The Morgan fingerprint density at radius 3 is 2.82 bits per heavy atom. The van der Waals surface area contributed by atoms with Crippen LogP contribution in [0, 0.1) is 0 Å². The third kappa shape index (κ3) is 2.80. The van der Waals surface area contributed by atoms with Crippen molar-refractivity contribution in [1.29, 1.82) is 0 Å². The topological polar surface area (TPSA) is 28.2 Å². The number of nitrogens with zero attached hydrogens (tertiary/aromatic N) is 2. The molecule has 1 saturated carbocycles. The summed E-state index contributed by atoms with van der Waals surface area (Å²) in [6.07, 6.45) is 7.18. The molecule has 3 rings (SSSR count). The molecule has 0 atom stereocenters. The van der Waals surface area contributed by atoms with E-state index in [1.54, 1.807) is 0 Å². The number of anilines is 1. The van der Waals surface area contributed by atoms with Crippen LogP contribution >= 0.6 is 15.9 Å². The number of hydrogen-bond donors (Lipinski definition) is 1. The molecule has 1 aromatic rings. The van der Waals surface area contributed by atoms with E-state index in [0.29, 0.717) is 0 Å². The highest BCUT2D eigenvalue weighted by atomic mass is 79.9. The summed E-state index contributed by atoms with van der Waals surface area (Å²) in [4.78, 5) is 7.01. The van der Waals surface area contributed by atoms with Gasteiger partial charge in [-0.25, -0.2) is 4.98 Å². The largest absolute Gasteiger partial charge is 0.356 e. The predicted molar refractivity (Wildman–Crippen MR) is 73.2 cm³/mol.